The zero-order chi connectivity index (χ0) is 15.4. The molecule has 1 aliphatic heterocycles. The van der Waals surface area contributed by atoms with Gasteiger partial charge in [0.2, 0.25) is 5.91 Å². The second kappa shape index (κ2) is 6.47. The molecular weight excluding hydrogens is 272 g/mol. The van der Waals surface area contributed by atoms with Crippen LogP contribution in [0.5, 0.6) is 11.5 Å². The van der Waals surface area contributed by atoms with Crippen molar-refractivity contribution in [2.45, 2.75) is 18.9 Å². The highest BCUT2D eigenvalue weighted by Crippen LogP contribution is 2.30. The molecule has 6 heteroatoms. The van der Waals surface area contributed by atoms with Gasteiger partial charge in [-0.25, -0.2) is 0 Å². The van der Waals surface area contributed by atoms with Gasteiger partial charge in [0.05, 0.1) is 19.8 Å². The van der Waals surface area contributed by atoms with Crippen LogP contribution in [-0.2, 0) is 4.79 Å². The van der Waals surface area contributed by atoms with E-state index in [4.69, 9.17) is 9.47 Å². The van der Waals surface area contributed by atoms with Crippen molar-refractivity contribution in [3.8, 4) is 11.5 Å². The van der Waals surface area contributed by atoms with Crippen LogP contribution in [0.25, 0.3) is 0 Å². The molecule has 0 aliphatic carbocycles. The van der Waals surface area contributed by atoms with Gasteiger partial charge in [-0.2, -0.15) is 0 Å². The zero-order valence-corrected chi connectivity index (χ0v) is 12.5. The highest BCUT2D eigenvalue weighted by atomic mass is 16.5. The molecule has 2 rings (SSSR count). The molecule has 1 aromatic rings. The maximum Gasteiger partial charge on any atom is 0.255 e. The first-order valence-corrected chi connectivity index (χ1v) is 6.82. The van der Waals surface area contributed by atoms with E-state index in [2.05, 4.69) is 5.32 Å². The third kappa shape index (κ3) is 3.26. The lowest BCUT2D eigenvalue weighted by molar-refractivity contribution is -0.132. The summed E-state index contributed by atoms with van der Waals surface area (Å²) in [6, 6.07) is 5.13. The molecule has 114 valence electrons. The maximum absolute atomic E-state index is 12.4. The summed E-state index contributed by atoms with van der Waals surface area (Å²) >= 11 is 0. The molecule has 0 spiro atoms. The van der Waals surface area contributed by atoms with E-state index in [1.807, 2.05) is 0 Å². The number of benzene rings is 1. The van der Waals surface area contributed by atoms with Gasteiger partial charge in [-0.15, -0.1) is 0 Å². The summed E-state index contributed by atoms with van der Waals surface area (Å²) in [7, 11) is 4.77. The van der Waals surface area contributed by atoms with Gasteiger partial charge < -0.3 is 19.7 Å². The second-order valence-corrected chi connectivity index (χ2v) is 5.02. The minimum Gasteiger partial charge on any atom is -0.493 e. The van der Waals surface area contributed by atoms with Gasteiger partial charge in [-0.1, -0.05) is 6.07 Å². The normalized spacial score (nSPS) is 18.3. The quantitative estimate of drug-likeness (QED) is 0.901. The number of likely N-dealkylation sites (N-methyl/N-ethyl adjacent to an activating group) is 1. The molecular formula is C15H20N2O4. The van der Waals surface area contributed by atoms with Crippen molar-refractivity contribution >= 4 is 11.8 Å². The predicted molar refractivity (Wildman–Crippen MR) is 77.7 cm³/mol. The van der Waals surface area contributed by atoms with Crippen molar-refractivity contribution in [1.29, 1.82) is 0 Å². The summed E-state index contributed by atoms with van der Waals surface area (Å²) in [5.41, 5.74) is 0.427. The van der Waals surface area contributed by atoms with Gasteiger partial charge in [-0.3, -0.25) is 9.59 Å². The Hall–Kier alpha value is -2.24. The summed E-state index contributed by atoms with van der Waals surface area (Å²) < 4.78 is 10.5. The lowest BCUT2D eigenvalue weighted by Crippen LogP contribution is -2.48. The largest absolute Gasteiger partial charge is 0.493 e. The Morgan fingerprint density at radius 2 is 2.10 bits per heavy atom. The molecule has 0 saturated carbocycles. The third-order valence-electron chi connectivity index (χ3n) is 3.61. The van der Waals surface area contributed by atoms with Crippen LogP contribution in [0.15, 0.2) is 18.2 Å². The monoisotopic (exact) mass is 292 g/mol. The maximum atomic E-state index is 12.4. The van der Waals surface area contributed by atoms with Crippen LogP contribution >= 0.6 is 0 Å². The summed E-state index contributed by atoms with van der Waals surface area (Å²) in [5.74, 6) is 0.816. The number of likely N-dealkylation sites (tertiary alicyclic amines) is 1. The molecule has 1 N–H and O–H groups in total. The first kappa shape index (κ1) is 15.2. The molecule has 0 radical (unpaired) electrons. The molecule has 1 atom stereocenters. The number of carbonyl (C=O) groups excluding carboxylic acids is 2. The molecule has 1 fully saturated rings. The van der Waals surface area contributed by atoms with Crippen LogP contribution in [0.4, 0.5) is 0 Å². The van der Waals surface area contributed by atoms with Gasteiger partial charge in [0, 0.05) is 26.1 Å². The van der Waals surface area contributed by atoms with E-state index in [0.717, 1.165) is 0 Å². The van der Waals surface area contributed by atoms with Crippen molar-refractivity contribution in [1.82, 2.24) is 10.2 Å². The molecule has 0 aromatic heterocycles. The average Bonchev–Trinajstić information content (AvgIpc) is 2.49. The number of hydrogen-bond donors (Lipinski definition) is 1. The van der Waals surface area contributed by atoms with E-state index < -0.39 is 0 Å². The number of ether oxygens (including phenoxy) is 2. The second-order valence-electron chi connectivity index (χ2n) is 5.02. The van der Waals surface area contributed by atoms with E-state index in [0.29, 0.717) is 36.4 Å². The number of piperidine rings is 1. The van der Waals surface area contributed by atoms with Crippen molar-refractivity contribution in [2.75, 3.05) is 27.8 Å². The van der Waals surface area contributed by atoms with Crippen molar-refractivity contribution < 1.29 is 19.1 Å². The third-order valence-corrected chi connectivity index (χ3v) is 3.61. The zero-order valence-electron chi connectivity index (χ0n) is 12.5. The van der Waals surface area contributed by atoms with Crippen molar-refractivity contribution in [2.24, 2.45) is 0 Å². The topological polar surface area (TPSA) is 67.9 Å². The molecule has 1 aliphatic rings. The first-order chi connectivity index (χ1) is 10.1. The molecule has 0 bridgehead atoms. The smallest absolute Gasteiger partial charge is 0.255 e. The SMILES string of the molecule is COc1cccc(C(=O)N[C@H]2CCC(=O)N(C)C2)c1OC. The standard InChI is InChI=1S/C15H20N2O4/c1-17-9-10(7-8-13(17)18)16-15(19)11-5-4-6-12(20-2)14(11)21-3/h4-6,10H,7-9H2,1-3H3,(H,16,19)/t10-/m0/s1. The molecule has 6 nitrogen and oxygen atoms in total. The average molecular weight is 292 g/mol. The number of rotatable bonds is 4. The van der Waals surface area contributed by atoms with Crippen LogP contribution in [0, 0.1) is 0 Å². The van der Waals surface area contributed by atoms with E-state index in [1.165, 1.54) is 14.2 Å². The van der Waals surface area contributed by atoms with E-state index in [1.54, 1.807) is 30.1 Å². The Labute approximate surface area is 124 Å². The van der Waals surface area contributed by atoms with Crippen LogP contribution in [-0.4, -0.2) is 50.6 Å². The van der Waals surface area contributed by atoms with Crippen molar-refractivity contribution in [3.05, 3.63) is 23.8 Å². The van der Waals surface area contributed by atoms with Crippen molar-refractivity contribution in [3.63, 3.8) is 0 Å². The Balaban J connectivity index is 2.12. The number of amides is 2. The number of nitrogens with one attached hydrogen (secondary N) is 1. The Bertz CT molecular complexity index is 544. The van der Waals surface area contributed by atoms with Gasteiger partial charge in [0.25, 0.3) is 5.91 Å². The molecule has 0 unspecified atom stereocenters. The highest BCUT2D eigenvalue weighted by Gasteiger charge is 2.25. The molecule has 2 amide bonds. The number of para-hydroxylation sites is 1. The number of nitrogens with zero attached hydrogens (tertiary/aromatic N) is 1. The van der Waals surface area contributed by atoms with E-state index in [-0.39, 0.29) is 17.9 Å². The summed E-state index contributed by atoms with van der Waals surface area (Å²) in [6.07, 6.45) is 1.11. The number of carbonyl (C=O) groups is 2. The van der Waals surface area contributed by atoms with Crippen LogP contribution < -0.4 is 14.8 Å². The Kier molecular flexibility index (Phi) is 4.67. The summed E-state index contributed by atoms with van der Waals surface area (Å²) in [4.78, 5) is 25.5. The number of hydrogen-bond acceptors (Lipinski definition) is 4. The molecule has 21 heavy (non-hydrogen) atoms. The molecule has 1 aromatic carbocycles. The van der Waals surface area contributed by atoms with Gasteiger partial charge in [0.1, 0.15) is 0 Å². The Morgan fingerprint density at radius 3 is 2.71 bits per heavy atom. The fourth-order valence-electron chi connectivity index (χ4n) is 2.46. The predicted octanol–water partition coefficient (Wildman–Crippen LogP) is 1.05. The highest BCUT2D eigenvalue weighted by molar-refractivity contribution is 5.98. The fourth-order valence-corrected chi connectivity index (χ4v) is 2.46. The minimum atomic E-state index is -0.224. The summed E-state index contributed by atoms with van der Waals surface area (Å²) in [6.45, 7) is 0.525. The fraction of sp³-hybridized carbons (Fsp3) is 0.467. The minimum absolute atomic E-state index is 0.0453. The lowest BCUT2D eigenvalue weighted by atomic mass is 10.0. The van der Waals surface area contributed by atoms with Gasteiger partial charge >= 0.3 is 0 Å². The van der Waals surface area contributed by atoms with Crippen LogP contribution in [0.3, 0.4) is 0 Å². The van der Waals surface area contributed by atoms with Crippen LogP contribution in [0.2, 0.25) is 0 Å². The first-order valence-electron chi connectivity index (χ1n) is 6.82. The summed E-state index contributed by atoms with van der Waals surface area (Å²) in [5, 5.41) is 2.94. The van der Waals surface area contributed by atoms with Gasteiger partial charge in [0.15, 0.2) is 11.5 Å². The number of methoxy groups -OCH3 is 2. The lowest BCUT2D eigenvalue weighted by Gasteiger charge is -2.30. The van der Waals surface area contributed by atoms with Gasteiger partial charge in [-0.05, 0) is 18.6 Å². The molecule has 1 saturated heterocycles. The van der Waals surface area contributed by atoms with E-state index in [9.17, 15) is 9.59 Å². The Morgan fingerprint density at radius 1 is 1.33 bits per heavy atom. The van der Waals surface area contributed by atoms with E-state index >= 15 is 0 Å². The molecule has 1 heterocycles. The van der Waals surface area contributed by atoms with Crippen LogP contribution in [0.1, 0.15) is 23.2 Å².